The molecule has 15 heteroatoms. The van der Waals surface area contributed by atoms with Gasteiger partial charge in [-0.1, -0.05) is 0 Å². The molecule has 3 amide bonds. The first-order chi connectivity index (χ1) is 17.1. The number of carboxylic acids is 1. The molecule has 0 saturated carbocycles. The maximum Gasteiger partial charge on any atom is 0.326 e. The van der Waals surface area contributed by atoms with Gasteiger partial charge in [0.1, 0.15) is 18.1 Å². The van der Waals surface area contributed by atoms with Gasteiger partial charge in [0.05, 0.1) is 6.04 Å². The van der Waals surface area contributed by atoms with E-state index >= 15 is 0 Å². The fourth-order valence-corrected chi connectivity index (χ4v) is 3.36. The lowest BCUT2D eigenvalue weighted by atomic mass is 10.0. The van der Waals surface area contributed by atoms with Crippen molar-refractivity contribution in [3.8, 4) is 0 Å². The molecule has 0 bridgehead atoms. The van der Waals surface area contributed by atoms with E-state index in [1.165, 1.54) is 0 Å². The van der Waals surface area contributed by atoms with Crippen LogP contribution in [0.3, 0.4) is 0 Å². The van der Waals surface area contributed by atoms with Gasteiger partial charge in [0.15, 0.2) is 5.96 Å². The van der Waals surface area contributed by atoms with E-state index in [9.17, 15) is 24.3 Å². The number of carboxylic acid groups (broad SMARTS) is 1. The number of carbonyl (C=O) groups is 4. The van der Waals surface area contributed by atoms with Gasteiger partial charge in [-0.15, -0.1) is 0 Å². The minimum Gasteiger partial charge on any atom is -0.480 e. The second-order valence-electron chi connectivity index (χ2n) is 8.33. The minimum absolute atomic E-state index is 0.0840. The van der Waals surface area contributed by atoms with Crippen molar-refractivity contribution >= 4 is 42.3 Å². The zero-order valence-electron chi connectivity index (χ0n) is 20.7. The fourth-order valence-electron chi connectivity index (χ4n) is 3.19. The standard InChI is InChI=1S/C21H43N9O5S/c22-9-3-1-6-14(28-17(31)13(24)12-36)18(32)29-15(7-2-4-10-23)19(33)30-16(20(34)35)8-5-11-27-21(25)26/h13-16,36H,1-12,22-24H2,(H,28,31)(H,29,32)(H,30,33)(H,34,35)(H4,25,26,27). The Kier molecular flexibility index (Phi) is 18.1. The summed E-state index contributed by atoms with van der Waals surface area (Å²) in [5, 5.41) is 17.2. The predicted molar refractivity (Wildman–Crippen MR) is 141 cm³/mol. The summed E-state index contributed by atoms with van der Waals surface area (Å²) in [6.07, 6.45) is 3.24. The van der Waals surface area contributed by atoms with E-state index in [1.54, 1.807) is 0 Å². The average Bonchev–Trinajstić information content (AvgIpc) is 2.83. The first-order valence-corrected chi connectivity index (χ1v) is 12.7. The summed E-state index contributed by atoms with van der Waals surface area (Å²) in [5.74, 6) is -3.04. The number of rotatable bonds is 20. The SMILES string of the molecule is NCCCCC(NC(=O)C(N)CS)C(=O)NC(CCCCN)C(=O)NC(CCCN=C(N)N)C(=O)O. The summed E-state index contributed by atoms with van der Waals surface area (Å²) in [5.41, 5.74) is 27.3. The van der Waals surface area contributed by atoms with E-state index in [0.29, 0.717) is 45.2 Å². The minimum atomic E-state index is -1.23. The number of hydrogen-bond donors (Lipinski definition) is 10. The van der Waals surface area contributed by atoms with Gasteiger partial charge < -0.3 is 49.7 Å². The van der Waals surface area contributed by atoms with Crippen LogP contribution in [0.25, 0.3) is 0 Å². The van der Waals surface area contributed by atoms with Crippen LogP contribution in [0.1, 0.15) is 51.4 Å². The van der Waals surface area contributed by atoms with E-state index in [-0.39, 0.29) is 37.5 Å². The van der Waals surface area contributed by atoms with Crippen LogP contribution >= 0.6 is 12.6 Å². The second kappa shape index (κ2) is 19.6. The number of aliphatic imine (C=N–C) groups is 1. The number of carbonyl (C=O) groups excluding carboxylic acids is 3. The molecule has 14 nitrogen and oxygen atoms in total. The number of nitrogens with two attached hydrogens (primary N) is 5. The molecule has 0 aliphatic carbocycles. The Morgan fingerprint density at radius 1 is 0.750 bits per heavy atom. The molecule has 0 rings (SSSR count). The van der Waals surface area contributed by atoms with Gasteiger partial charge in [0, 0.05) is 12.3 Å². The molecule has 0 fully saturated rings. The van der Waals surface area contributed by atoms with Gasteiger partial charge >= 0.3 is 5.97 Å². The highest BCUT2D eigenvalue weighted by molar-refractivity contribution is 7.80. The lowest BCUT2D eigenvalue weighted by Crippen LogP contribution is -2.57. The van der Waals surface area contributed by atoms with Crippen molar-refractivity contribution in [2.75, 3.05) is 25.4 Å². The normalized spacial score (nSPS) is 14.1. The number of unbranched alkanes of at least 4 members (excludes halogenated alkanes) is 2. The van der Waals surface area contributed by atoms with Crippen molar-refractivity contribution in [3.05, 3.63) is 0 Å². The fraction of sp³-hybridized carbons (Fsp3) is 0.762. The third-order valence-corrected chi connectivity index (χ3v) is 5.65. The predicted octanol–water partition coefficient (Wildman–Crippen LogP) is -2.91. The van der Waals surface area contributed by atoms with Crippen molar-refractivity contribution in [2.24, 2.45) is 33.7 Å². The number of hydrogen-bond acceptors (Lipinski definition) is 9. The highest BCUT2D eigenvalue weighted by Crippen LogP contribution is 2.07. The Labute approximate surface area is 217 Å². The number of guanidine groups is 1. The summed E-state index contributed by atoms with van der Waals surface area (Å²) in [6.45, 7) is 1.02. The molecule has 208 valence electrons. The summed E-state index contributed by atoms with van der Waals surface area (Å²) >= 11 is 4.00. The smallest absolute Gasteiger partial charge is 0.326 e. The molecule has 0 spiro atoms. The third-order valence-electron chi connectivity index (χ3n) is 5.25. The van der Waals surface area contributed by atoms with Gasteiger partial charge in [-0.2, -0.15) is 12.6 Å². The van der Waals surface area contributed by atoms with E-state index in [2.05, 4.69) is 33.6 Å². The number of nitrogens with one attached hydrogen (secondary N) is 3. The Hall–Kier alpha value is -2.62. The molecule has 36 heavy (non-hydrogen) atoms. The molecule has 14 N–H and O–H groups in total. The van der Waals surface area contributed by atoms with Gasteiger partial charge in [0.25, 0.3) is 0 Å². The van der Waals surface area contributed by atoms with E-state index in [4.69, 9.17) is 28.7 Å². The number of aliphatic carboxylic acids is 1. The molecule has 4 unspecified atom stereocenters. The van der Waals surface area contributed by atoms with E-state index < -0.39 is 47.9 Å². The van der Waals surface area contributed by atoms with Gasteiger partial charge in [0.2, 0.25) is 17.7 Å². The summed E-state index contributed by atoms with van der Waals surface area (Å²) in [6, 6.07) is -4.09. The summed E-state index contributed by atoms with van der Waals surface area (Å²) in [7, 11) is 0. The van der Waals surface area contributed by atoms with Crippen LogP contribution in [0.4, 0.5) is 0 Å². The third kappa shape index (κ3) is 14.7. The monoisotopic (exact) mass is 533 g/mol. The molecule has 0 aromatic rings. The van der Waals surface area contributed by atoms with E-state index in [0.717, 1.165) is 0 Å². The van der Waals surface area contributed by atoms with E-state index in [1.807, 2.05) is 0 Å². The molecule has 0 aliphatic heterocycles. The molecule has 0 radical (unpaired) electrons. The maximum atomic E-state index is 13.0. The first kappa shape index (κ1) is 33.4. The van der Waals surface area contributed by atoms with Crippen molar-refractivity contribution in [1.82, 2.24) is 16.0 Å². The molecule has 4 atom stereocenters. The van der Waals surface area contributed by atoms with Crippen molar-refractivity contribution in [3.63, 3.8) is 0 Å². The van der Waals surface area contributed by atoms with Crippen LogP contribution in [-0.2, 0) is 19.2 Å². The number of nitrogens with zero attached hydrogens (tertiary/aromatic N) is 1. The van der Waals surface area contributed by atoms with Crippen LogP contribution in [0.2, 0.25) is 0 Å². The molecule has 0 aliphatic rings. The summed E-state index contributed by atoms with van der Waals surface area (Å²) in [4.78, 5) is 53.7. The lowest BCUT2D eigenvalue weighted by Gasteiger charge is -2.25. The highest BCUT2D eigenvalue weighted by Gasteiger charge is 2.29. The topological polar surface area (TPSA) is 267 Å². The van der Waals surface area contributed by atoms with Gasteiger partial charge in [-0.25, -0.2) is 4.79 Å². The van der Waals surface area contributed by atoms with Crippen molar-refractivity contribution in [1.29, 1.82) is 0 Å². The second-order valence-corrected chi connectivity index (χ2v) is 8.69. The van der Waals surface area contributed by atoms with Crippen molar-refractivity contribution < 1.29 is 24.3 Å². The number of thiol groups is 1. The summed E-state index contributed by atoms with van der Waals surface area (Å²) < 4.78 is 0. The van der Waals surface area contributed by atoms with Crippen LogP contribution in [0.15, 0.2) is 4.99 Å². The van der Waals surface area contributed by atoms with Gasteiger partial charge in [-0.3, -0.25) is 19.4 Å². The molecular formula is C21H43N9O5S. The molecule has 0 saturated heterocycles. The van der Waals surface area contributed by atoms with Gasteiger partial charge in [-0.05, 0) is 64.5 Å². The Morgan fingerprint density at radius 3 is 1.61 bits per heavy atom. The van der Waals surface area contributed by atoms with Crippen LogP contribution in [0, 0.1) is 0 Å². The van der Waals surface area contributed by atoms with Crippen LogP contribution in [0.5, 0.6) is 0 Å². The first-order valence-electron chi connectivity index (χ1n) is 12.0. The van der Waals surface area contributed by atoms with Crippen LogP contribution in [-0.4, -0.2) is 84.3 Å². The largest absolute Gasteiger partial charge is 0.480 e. The quantitative estimate of drug-likeness (QED) is 0.0330. The molecular weight excluding hydrogens is 490 g/mol. The Bertz CT molecular complexity index is 722. The van der Waals surface area contributed by atoms with Crippen molar-refractivity contribution in [2.45, 2.75) is 75.5 Å². The maximum absolute atomic E-state index is 13.0. The Balaban J connectivity index is 5.44. The average molecular weight is 534 g/mol. The zero-order chi connectivity index (χ0) is 27.5. The molecule has 0 aromatic heterocycles. The molecule has 0 aromatic carbocycles. The highest BCUT2D eigenvalue weighted by atomic mass is 32.1. The Morgan fingerprint density at radius 2 is 1.19 bits per heavy atom. The number of amides is 3. The zero-order valence-corrected chi connectivity index (χ0v) is 21.6. The lowest BCUT2D eigenvalue weighted by molar-refractivity contribution is -0.142. The molecule has 0 heterocycles. The van der Waals surface area contributed by atoms with Crippen LogP contribution < -0.4 is 44.6 Å².